The smallest absolute Gasteiger partial charge is 0.342 e. The van der Waals surface area contributed by atoms with E-state index in [4.69, 9.17) is 4.74 Å². The molecule has 8 nitrogen and oxygen atoms in total. The minimum absolute atomic E-state index is 0.254. The van der Waals surface area contributed by atoms with Crippen LogP contribution in [-0.4, -0.2) is 49.6 Å². The molecule has 1 aromatic carbocycles. The van der Waals surface area contributed by atoms with Crippen molar-refractivity contribution in [2.45, 2.75) is 19.4 Å². The van der Waals surface area contributed by atoms with E-state index in [-0.39, 0.29) is 13.2 Å². The fraction of sp³-hybridized carbons (Fsp3) is 0.333. The maximum atomic E-state index is 12.4. The van der Waals surface area contributed by atoms with E-state index < -0.39 is 17.8 Å². The largest absolute Gasteiger partial charge is 0.465 e. The number of hydrogen-bond donors (Lipinski definition) is 1. The molecule has 2 heterocycles. The number of esters is 2. The number of nitrogens with zero attached hydrogens (tertiary/aromatic N) is 2. The fourth-order valence-electron chi connectivity index (χ4n) is 3.07. The SMILES string of the molecule is COC(=O)c1ccc(CNC(=O)COC(=O)c2cccnc2N2CCCC2)cc1. The van der Waals surface area contributed by atoms with Crippen LogP contribution in [0.15, 0.2) is 42.6 Å². The molecule has 1 N–H and O–H groups in total. The van der Waals surface area contributed by atoms with Crippen molar-refractivity contribution in [3.05, 3.63) is 59.3 Å². The van der Waals surface area contributed by atoms with Gasteiger partial charge in [-0.3, -0.25) is 4.79 Å². The monoisotopic (exact) mass is 397 g/mol. The van der Waals surface area contributed by atoms with Gasteiger partial charge in [-0.2, -0.15) is 0 Å². The summed E-state index contributed by atoms with van der Waals surface area (Å²) in [6, 6.07) is 10.0. The van der Waals surface area contributed by atoms with Crippen LogP contribution in [-0.2, 0) is 20.8 Å². The van der Waals surface area contributed by atoms with Crippen molar-refractivity contribution in [1.82, 2.24) is 10.3 Å². The van der Waals surface area contributed by atoms with Crippen molar-refractivity contribution in [2.75, 3.05) is 31.7 Å². The Morgan fingerprint density at radius 1 is 1.07 bits per heavy atom. The molecule has 0 aliphatic carbocycles. The third-order valence-electron chi connectivity index (χ3n) is 4.61. The minimum atomic E-state index is -0.572. The summed E-state index contributed by atoms with van der Waals surface area (Å²) in [5.74, 6) is -0.808. The lowest BCUT2D eigenvalue weighted by Gasteiger charge is -2.18. The lowest BCUT2D eigenvalue weighted by molar-refractivity contribution is -0.124. The zero-order valence-electron chi connectivity index (χ0n) is 16.2. The predicted octanol–water partition coefficient (Wildman–Crippen LogP) is 1.94. The molecular weight excluding hydrogens is 374 g/mol. The van der Waals surface area contributed by atoms with E-state index in [1.54, 1.807) is 42.6 Å². The van der Waals surface area contributed by atoms with Crippen LogP contribution in [0.2, 0.25) is 0 Å². The Morgan fingerprint density at radius 2 is 1.79 bits per heavy atom. The molecule has 8 heteroatoms. The lowest BCUT2D eigenvalue weighted by Crippen LogP contribution is -2.29. The number of methoxy groups -OCH3 is 1. The van der Waals surface area contributed by atoms with Gasteiger partial charge in [0.15, 0.2) is 6.61 Å². The molecule has 1 aliphatic rings. The second-order valence-electron chi connectivity index (χ2n) is 6.61. The molecule has 0 radical (unpaired) electrons. The number of amides is 1. The normalized spacial score (nSPS) is 13.1. The van der Waals surface area contributed by atoms with Gasteiger partial charge >= 0.3 is 11.9 Å². The molecule has 1 fully saturated rings. The molecule has 29 heavy (non-hydrogen) atoms. The van der Waals surface area contributed by atoms with Gasteiger partial charge < -0.3 is 19.7 Å². The number of pyridine rings is 1. The summed E-state index contributed by atoms with van der Waals surface area (Å²) in [6.07, 6.45) is 3.77. The fourth-order valence-corrected chi connectivity index (χ4v) is 3.07. The first kappa shape index (κ1) is 20.3. The van der Waals surface area contributed by atoms with Crippen molar-refractivity contribution < 1.29 is 23.9 Å². The predicted molar refractivity (Wildman–Crippen MR) is 106 cm³/mol. The van der Waals surface area contributed by atoms with Crippen LogP contribution in [0.3, 0.4) is 0 Å². The minimum Gasteiger partial charge on any atom is -0.465 e. The third kappa shape index (κ3) is 5.31. The average Bonchev–Trinajstić information content (AvgIpc) is 3.30. The van der Waals surface area contributed by atoms with Gasteiger partial charge in [-0.05, 0) is 42.7 Å². The van der Waals surface area contributed by atoms with Gasteiger partial charge in [-0.15, -0.1) is 0 Å². The summed E-state index contributed by atoms with van der Waals surface area (Å²) in [4.78, 5) is 42.2. The number of anilines is 1. The highest BCUT2D eigenvalue weighted by atomic mass is 16.5. The van der Waals surface area contributed by atoms with Crippen LogP contribution in [0.1, 0.15) is 39.1 Å². The zero-order chi connectivity index (χ0) is 20.6. The van der Waals surface area contributed by atoms with Crippen LogP contribution < -0.4 is 10.2 Å². The lowest BCUT2D eigenvalue weighted by atomic mass is 10.1. The maximum Gasteiger partial charge on any atom is 0.342 e. The van der Waals surface area contributed by atoms with Gasteiger partial charge in [0, 0.05) is 25.8 Å². The van der Waals surface area contributed by atoms with Crippen LogP contribution in [0, 0.1) is 0 Å². The molecule has 152 valence electrons. The third-order valence-corrected chi connectivity index (χ3v) is 4.61. The highest BCUT2D eigenvalue weighted by molar-refractivity contribution is 5.96. The molecule has 1 saturated heterocycles. The quantitative estimate of drug-likeness (QED) is 0.713. The molecule has 3 rings (SSSR count). The van der Waals surface area contributed by atoms with E-state index in [0.717, 1.165) is 31.5 Å². The Kier molecular flexibility index (Phi) is 6.78. The van der Waals surface area contributed by atoms with Gasteiger partial charge in [0.1, 0.15) is 11.4 Å². The van der Waals surface area contributed by atoms with E-state index in [2.05, 4.69) is 19.9 Å². The summed E-state index contributed by atoms with van der Waals surface area (Å²) in [5.41, 5.74) is 1.60. The van der Waals surface area contributed by atoms with Crippen molar-refractivity contribution in [1.29, 1.82) is 0 Å². The Bertz CT molecular complexity index is 876. The summed E-state index contributed by atoms with van der Waals surface area (Å²) in [6.45, 7) is 1.58. The molecule has 1 aromatic heterocycles. The molecule has 0 atom stereocenters. The van der Waals surface area contributed by atoms with Crippen LogP contribution in [0.5, 0.6) is 0 Å². The van der Waals surface area contributed by atoms with Gasteiger partial charge in [0.2, 0.25) is 0 Å². The molecule has 0 unspecified atom stereocenters. The molecule has 2 aromatic rings. The van der Waals surface area contributed by atoms with E-state index in [0.29, 0.717) is 16.9 Å². The number of hydrogen-bond acceptors (Lipinski definition) is 7. The summed E-state index contributed by atoms with van der Waals surface area (Å²) in [7, 11) is 1.32. The summed E-state index contributed by atoms with van der Waals surface area (Å²) in [5, 5.41) is 2.68. The van der Waals surface area contributed by atoms with E-state index in [1.165, 1.54) is 7.11 Å². The summed E-state index contributed by atoms with van der Waals surface area (Å²) >= 11 is 0. The zero-order valence-corrected chi connectivity index (χ0v) is 16.2. The molecule has 0 bridgehead atoms. The number of benzene rings is 1. The van der Waals surface area contributed by atoms with Crippen LogP contribution >= 0.6 is 0 Å². The molecule has 1 aliphatic heterocycles. The molecule has 0 spiro atoms. The van der Waals surface area contributed by atoms with Crippen molar-refractivity contribution in [2.24, 2.45) is 0 Å². The highest BCUT2D eigenvalue weighted by Crippen LogP contribution is 2.22. The van der Waals surface area contributed by atoms with Gasteiger partial charge in [-0.25, -0.2) is 14.6 Å². The number of ether oxygens (including phenoxy) is 2. The topological polar surface area (TPSA) is 97.8 Å². The Morgan fingerprint density at radius 3 is 2.48 bits per heavy atom. The Labute approximate surface area is 168 Å². The number of rotatable bonds is 7. The Balaban J connectivity index is 1.49. The van der Waals surface area contributed by atoms with Crippen molar-refractivity contribution >= 4 is 23.7 Å². The number of carbonyl (C=O) groups excluding carboxylic acids is 3. The number of aromatic nitrogens is 1. The van der Waals surface area contributed by atoms with Gasteiger partial charge in [0.05, 0.1) is 12.7 Å². The standard InChI is InChI=1S/C21H23N3O5/c1-28-20(26)16-8-6-15(7-9-16)13-23-18(25)14-29-21(27)17-5-4-10-22-19(17)24-11-2-3-12-24/h4-10H,2-3,11-14H2,1H3,(H,23,25). The second kappa shape index (κ2) is 9.68. The molecule has 1 amide bonds. The van der Waals surface area contributed by atoms with Gasteiger partial charge in [-0.1, -0.05) is 12.1 Å². The highest BCUT2D eigenvalue weighted by Gasteiger charge is 2.22. The molecule has 0 saturated carbocycles. The summed E-state index contributed by atoms with van der Waals surface area (Å²) < 4.78 is 9.81. The number of carbonyl (C=O) groups is 3. The average molecular weight is 397 g/mol. The van der Waals surface area contributed by atoms with Crippen molar-refractivity contribution in [3.63, 3.8) is 0 Å². The van der Waals surface area contributed by atoms with E-state index in [9.17, 15) is 14.4 Å². The first-order chi connectivity index (χ1) is 14.1. The first-order valence-electron chi connectivity index (χ1n) is 9.39. The Hall–Kier alpha value is -3.42. The van der Waals surface area contributed by atoms with Crippen LogP contribution in [0.4, 0.5) is 5.82 Å². The first-order valence-corrected chi connectivity index (χ1v) is 9.39. The maximum absolute atomic E-state index is 12.4. The van der Waals surface area contributed by atoms with E-state index >= 15 is 0 Å². The van der Waals surface area contributed by atoms with Crippen LogP contribution in [0.25, 0.3) is 0 Å². The number of nitrogens with one attached hydrogen (secondary N) is 1. The van der Waals surface area contributed by atoms with Crippen molar-refractivity contribution in [3.8, 4) is 0 Å². The van der Waals surface area contributed by atoms with E-state index in [1.807, 2.05) is 0 Å². The second-order valence-corrected chi connectivity index (χ2v) is 6.61. The molecular formula is C21H23N3O5. The van der Waals surface area contributed by atoms with Gasteiger partial charge in [0.25, 0.3) is 5.91 Å².